The fourth-order valence-corrected chi connectivity index (χ4v) is 3.02. The summed E-state index contributed by atoms with van der Waals surface area (Å²) in [6.07, 6.45) is 0.0854. The minimum Gasteiger partial charge on any atom is -0.494 e. The molecule has 1 atom stereocenters. The van der Waals surface area contributed by atoms with Crippen molar-refractivity contribution in [3.63, 3.8) is 0 Å². The topological polar surface area (TPSA) is 88.7 Å². The third kappa shape index (κ3) is 6.42. The number of carbonyl (C=O) groups is 2. The minimum atomic E-state index is -0.783. The SMILES string of the molecule is CCCOc1cccc(C(=O)NC(=S)NNC(=O)C(C)Oc2ccc3ccccc3c2)c1. The fraction of sp³-hybridized carbons (Fsp3) is 0.208. The van der Waals surface area contributed by atoms with Gasteiger partial charge < -0.3 is 9.47 Å². The van der Waals surface area contributed by atoms with E-state index in [9.17, 15) is 9.59 Å². The second-order valence-electron chi connectivity index (χ2n) is 7.04. The molecule has 0 bridgehead atoms. The molecule has 7 nitrogen and oxygen atoms in total. The van der Waals surface area contributed by atoms with Gasteiger partial charge in [0.15, 0.2) is 11.2 Å². The van der Waals surface area contributed by atoms with Crippen LogP contribution in [0.5, 0.6) is 11.5 Å². The number of nitrogens with one attached hydrogen (secondary N) is 3. The number of hydrazine groups is 1. The Kier molecular flexibility index (Phi) is 7.99. The van der Waals surface area contributed by atoms with Crippen LogP contribution in [0.2, 0.25) is 0 Å². The van der Waals surface area contributed by atoms with Crippen LogP contribution in [0.25, 0.3) is 10.8 Å². The number of hydrogen-bond donors (Lipinski definition) is 3. The summed E-state index contributed by atoms with van der Waals surface area (Å²) in [6, 6.07) is 20.3. The van der Waals surface area contributed by atoms with Crippen molar-refractivity contribution in [2.75, 3.05) is 6.61 Å². The Bertz CT molecular complexity index is 1120. The van der Waals surface area contributed by atoms with Gasteiger partial charge in [-0.25, -0.2) is 0 Å². The number of ether oxygens (including phenoxy) is 2. The summed E-state index contributed by atoms with van der Waals surface area (Å²) in [5.41, 5.74) is 5.35. The predicted molar refractivity (Wildman–Crippen MR) is 128 cm³/mol. The zero-order chi connectivity index (χ0) is 22.9. The second kappa shape index (κ2) is 11.1. The molecule has 1 unspecified atom stereocenters. The number of fused-ring (bicyclic) bond motifs is 1. The molecule has 0 saturated heterocycles. The maximum Gasteiger partial charge on any atom is 0.279 e. The first-order valence-corrected chi connectivity index (χ1v) is 10.7. The normalized spacial score (nSPS) is 11.3. The molecule has 0 radical (unpaired) electrons. The Morgan fingerprint density at radius 2 is 1.72 bits per heavy atom. The number of hydrogen-bond acceptors (Lipinski definition) is 5. The molecule has 3 aromatic rings. The third-order valence-electron chi connectivity index (χ3n) is 4.50. The van der Waals surface area contributed by atoms with Crippen molar-refractivity contribution >= 4 is 39.9 Å². The van der Waals surface area contributed by atoms with Crippen LogP contribution in [0, 0.1) is 0 Å². The lowest BCUT2D eigenvalue weighted by atomic mass is 10.1. The van der Waals surface area contributed by atoms with E-state index in [1.54, 1.807) is 31.2 Å². The number of carbonyl (C=O) groups excluding carboxylic acids is 2. The molecule has 0 aliphatic heterocycles. The fourth-order valence-electron chi connectivity index (χ4n) is 2.87. The Morgan fingerprint density at radius 3 is 2.50 bits per heavy atom. The van der Waals surface area contributed by atoms with Crippen molar-refractivity contribution in [1.29, 1.82) is 0 Å². The van der Waals surface area contributed by atoms with Crippen LogP contribution in [0.4, 0.5) is 0 Å². The zero-order valence-electron chi connectivity index (χ0n) is 17.9. The van der Waals surface area contributed by atoms with Crippen LogP contribution in [0.1, 0.15) is 30.6 Å². The highest BCUT2D eigenvalue weighted by Crippen LogP contribution is 2.21. The van der Waals surface area contributed by atoms with Crippen LogP contribution < -0.4 is 25.6 Å². The Morgan fingerprint density at radius 1 is 0.938 bits per heavy atom. The highest BCUT2D eigenvalue weighted by Gasteiger charge is 2.16. The van der Waals surface area contributed by atoms with Gasteiger partial charge in [-0.15, -0.1) is 0 Å². The number of amides is 2. The summed E-state index contributed by atoms with van der Waals surface area (Å²) in [7, 11) is 0. The quantitative estimate of drug-likeness (QED) is 0.375. The molecule has 8 heteroatoms. The second-order valence-corrected chi connectivity index (χ2v) is 7.45. The molecule has 0 aromatic heterocycles. The molecule has 2 amide bonds. The number of rotatable bonds is 7. The molecule has 0 saturated carbocycles. The molecule has 32 heavy (non-hydrogen) atoms. The van der Waals surface area contributed by atoms with Gasteiger partial charge in [0.05, 0.1) is 6.61 Å². The molecule has 3 aromatic carbocycles. The Balaban J connectivity index is 1.48. The lowest BCUT2D eigenvalue weighted by Gasteiger charge is -2.16. The van der Waals surface area contributed by atoms with Crippen LogP contribution in [-0.2, 0) is 4.79 Å². The van der Waals surface area contributed by atoms with Gasteiger partial charge in [-0.1, -0.05) is 43.3 Å². The van der Waals surface area contributed by atoms with Crippen LogP contribution in [0.3, 0.4) is 0 Å². The van der Waals surface area contributed by atoms with Gasteiger partial charge in [0, 0.05) is 5.56 Å². The van der Waals surface area contributed by atoms with E-state index < -0.39 is 17.9 Å². The standard InChI is InChI=1S/C24H25N3O4S/c1-3-13-30-20-10-6-9-19(15-20)23(29)25-24(32)27-26-22(28)16(2)31-21-12-11-17-7-4-5-8-18(17)14-21/h4-12,14-16H,3,13H2,1-2H3,(H,26,28)(H2,25,27,29,32). The monoisotopic (exact) mass is 451 g/mol. The van der Waals surface area contributed by atoms with E-state index in [4.69, 9.17) is 21.7 Å². The van der Waals surface area contributed by atoms with E-state index in [2.05, 4.69) is 16.2 Å². The predicted octanol–water partition coefficient (Wildman–Crippen LogP) is 3.73. The number of thiocarbonyl (C=S) groups is 1. The van der Waals surface area contributed by atoms with Crippen molar-refractivity contribution in [2.45, 2.75) is 26.4 Å². The molecule has 0 heterocycles. The largest absolute Gasteiger partial charge is 0.494 e. The first-order chi connectivity index (χ1) is 15.5. The van der Waals surface area contributed by atoms with Gasteiger partial charge in [0.1, 0.15) is 11.5 Å². The first kappa shape index (κ1) is 23.0. The summed E-state index contributed by atoms with van der Waals surface area (Å²) in [5.74, 6) is 0.322. The van der Waals surface area contributed by atoms with E-state index in [1.807, 2.05) is 49.4 Å². The van der Waals surface area contributed by atoms with Gasteiger partial charge >= 0.3 is 0 Å². The van der Waals surface area contributed by atoms with E-state index in [-0.39, 0.29) is 5.11 Å². The van der Waals surface area contributed by atoms with Crippen LogP contribution >= 0.6 is 12.2 Å². The summed E-state index contributed by atoms with van der Waals surface area (Å²) in [6.45, 7) is 4.19. The smallest absolute Gasteiger partial charge is 0.279 e. The molecular formula is C24H25N3O4S. The third-order valence-corrected chi connectivity index (χ3v) is 4.70. The molecule has 3 N–H and O–H groups in total. The Labute approximate surface area is 192 Å². The molecule has 0 spiro atoms. The van der Waals surface area contributed by atoms with E-state index in [1.165, 1.54) is 0 Å². The first-order valence-electron chi connectivity index (χ1n) is 10.3. The van der Waals surface area contributed by atoms with Crippen molar-refractivity contribution in [2.24, 2.45) is 0 Å². The lowest BCUT2D eigenvalue weighted by Crippen LogP contribution is -2.51. The van der Waals surface area contributed by atoms with E-state index in [0.717, 1.165) is 17.2 Å². The van der Waals surface area contributed by atoms with Crippen LogP contribution in [0.15, 0.2) is 66.7 Å². The molecule has 0 aliphatic carbocycles. The zero-order valence-corrected chi connectivity index (χ0v) is 18.7. The minimum absolute atomic E-state index is 0.0406. The van der Waals surface area contributed by atoms with Crippen molar-refractivity contribution in [1.82, 2.24) is 16.2 Å². The average molecular weight is 452 g/mol. The average Bonchev–Trinajstić information content (AvgIpc) is 2.81. The maximum atomic E-state index is 12.4. The lowest BCUT2D eigenvalue weighted by molar-refractivity contribution is -0.127. The molecule has 0 aliphatic rings. The molecule has 166 valence electrons. The molecule has 0 fully saturated rings. The van der Waals surface area contributed by atoms with Crippen LogP contribution in [-0.4, -0.2) is 29.6 Å². The summed E-state index contributed by atoms with van der Waals surface area (Å²) in [5, 5.41) is 4.58. The van der Waals surface area contributed by atoms with Crippen molar-refractivity contribution < 1.29 is 19.1 Å². The molecule has 3 rings (SSSR count). The van der Waals surface area contributed by atoms with Gasteiger partial charge in [-0.2, -0.15) is 0 Å². The van der Waals surface area contributed by atoms with E-state index in [0.29, 0.717) is 23.7 Å². The summed E-state index contributed by atoms with van der Waals surface area (Å²) < 4.78 is 11.2. The summed E-state index contributed by atoms with van der Waals surface area (Å²) >= 11 is 5.09. The molecular weight excluding hydrogens is 426 g/mol. The Hall–Kier alpha value is -3.65. The van der Waals surface area contributed by atoms with Crippen molar-refractivity contribution in [3.05, 3.63) is 72.3 Å². The van der Waals surface area contributed by atoms with Gasteiger partial charge in [-0.3, -0.25) is 25.8 Å². The van der Waals surface area contributed by atoms with Gasteiger partial charge in [0.25, 0.3) is 11.8 Å². The maximum absolute atomic E-state index is 12.4. The van der Waals surface area contributed by atoms with Crippen molar-refractivity contribution in [3.8, 4) is 11.5 Å². The van der Waals surface area contributed by atoms with E-state index >= 15 is 0 Å². The van der Waals surface area contributed by atoms with Gasteiger partial charge in [-0.05, 0) is 66.7 Å². The highest BCUT2D eigenvalue weighted by molar-refractivity contribution is 7.80. The highest BCUT2D eigenvalue weighted by atomic mass is 32.1. The summed E-state index contributed by atoms with van der Waals surface area (Å²) in [4.78, 5) is 24.7. The van der Waals surface area contributed by atoms with Gasteiger partial charge in [0.2, 0.25) is 0 Å². The number of benzene rings is 3.